The molecule has 1 rings (SSSR count). The molecule has 8 heteroatoms. The van der Waals surface area contributed by atoms with Crippen LogP contribution >= 0.6 is 0 Å². The Morgan fingerprint density at radius 2 is 1.43 bits per heavy atom. The molecule has 0 aliphatic carbocycles. The van der Waals surface area contributed by atoms with Gasteiger partial charge in [-0.05, 0) is 11.1 Å². The van der Waals surface area contributed by atoms with Gasteiger partial charge in [-0.2, -0.15) is 0 Å². The number of hydrogen-bond acceptors (Lipinski definition) is 5. The van der Waals surface area contributed by atoms with Gasteiger partial charge >= 0.3 is 0 Å². The van der Waals surface area contributed by atoms with Crippen LogP contribution in [-0.4, -0.2) is 35.7 Å². The number of hydrogen-bond donors (Lipinski definition) is 4. The molecule has 3 amide bonds. The van der Waals surface area contributed by atoms with Crippen LogP contribution in [0.1, 0.15) is 11.1 Å². The summed E-state index contributed by atoms with van der Waals surface area (Å²) >= 11 is 0. The molecule has 1 aromatic carbocycles. The lowest BCUT2D eigenvalue weighted by Crippen LogP contribution is -2.39. The third-order valence-corrected chi connectivity index (χ3v) is 2.71. The standard InChI is InChI=1S/C13H19N5O3/c14-11(19)7-18(8-12(15)20)6-10-3-1-9(2-4-10)5-13(21)17-16/h1-4H,5-8,16H2,(H2,14,19)(H2,15,20)(H,17,21). The lowest BCUT2D eigenvalue weighted by molar-refractivity contribution is -0.122. The van der Waals surface area contributed by atoms with E-state index in [9.17, 15) is 14.4 Å². The van der Waals surface area contributed by atoms with Gasteiger partial charge in [0.05, 0.1) is 19.5 Å². The molecule has 1 aromatic rings. The van der Waals surface area contributed by atoms with E-state index >= 15 is 0 Å². The summed E-state index contributed by atoms with van der Waals surface area (Å²) in [5.74, 6) is 3.66. The molecule has 0 spiro atoms. The Morgan fingerprint density at radius 3 is 1.86 bits per heavy atom. The van der Waals surface area contributed by atoms with Crippen LogP contribution in [0.2, 0.25) is 0 Å². The molecule has 0 atom stereocenters. The van der Waals surface area contributed by atoms with Crippen molar-refractivity contribution in [2.45, 2.75) is 13.0 Å². The predicted molar refractivity (Wildman–Crippen MR) is 76.1 cm³/mol. The predicted octanol–water partition coefficient (Wildman–Crippen LogP) is -2.01. The van der Waals surface area contributed by atoms with Gasteiger partial charge in [-0.25, -0.2) is 5.84 Å². The Kier molecular flexibility index (Phi) is 6.31. The molecule has 0 aliphatic heterocycles. The van der Waals surface area contributed by atoms with Crippen LogP contribution in [0.15, 0.2) is 24.3 Å². The molecular formula is C13H19N5O3. The van der Waals surface area contributed by atoms with E-state index in [0.717, 1.165) is 11.1 Å². The number of nitrogens with two attached hydrogens (primary N) is 3. The highest BCUT2D eigenvalue weighted by atomic mass is 16.2. The van der Waals surface area contributed by atoms with E-state index < -0.39 is 11.8 Å². The number of nitrogens with zero attached hydrogens (tertiary/aromatic N) is 1. The van der Waals surface area contributed by atoms with E-state index in [1.807, 2.05) is 0 Å². The van der Waals surface area contributed by atoms with Crippen LogP contribution in [0.5, 0.6) is 0 Å². The van der Waals surface area contributed by atoms with Crippen molar-refractivity contribution in [2.24, 2.45) is 17.3 Å². The number of hydrazine groups is 1. The van der Waals surface area contributed by atoms with Crippen LogP contribution in [-0.2, 0) is 27.3 Å². The van der Waals surface area contributed by atoms with Gasteiger partial charge in [0.2, 0.25) is 17.7 Å². The van der Waals surface area contributed by atoms with Gasteiger partial charge in [-0.15, -0.1) is 0 Å². The highest BCUT2D eigenvalue weighted by Crippen LogP contribution is 2.08. The molecule has 21 heavy (non-hydrogen) atoms. The van der Waals surface area contributed by atoms with E-state index in [4.69, 9.17) is 17.3 Å². The van der Waals surface area contributed by atoms with Gasteiger partial charge in [-0.3, -0.25) is 24.7 Å². The third kappa shape index (κ3) is 6.50. The summed E-state index contributed by atoms with van der Waals surface area (Å²) in [5, 5.41) is 0. The maximum atomic E-state index is 11.1. The number of benzene rings is 1. The average molecular weight is 293 g/mol. The van der Waals surface area contributed by atoms with Gasteiger partial charge in [0, 0.05) is 6.54 Å². The number of carbonyl (C=O) groups excluding carboxylic acids is 3. The first-order valence-corrected chi connectivity index (χ1v) is 6.27. The van der Waals surface area contributed by atoms with Gasteiger partial charge in [0.25, 0.3) is 0 Å². The van der Waals surface area contributed by atoms with Crippen molar-refractivity contribution < 1.29 is 14.4 Å². The first-order chi connectivity index (χ1) is 9.90. The zero-order chi connectivity index (χ0) is 15.8. The van der Waals surface area contributed by atoms with E-state index in [1.54, 1.807) is 29.2 Å². The fraction of sp³-hybridized carbons (Fsp3) is 0.308. The van der Waals surface area contributed by atoms with Crippen LogP contribution in [0.4, 0.5) is 0 Å². The molecule has 0 aromatic heterocycles. The molecule has 7 N–H and O–H groups in total. The van der Waals surface area contributed by atoms with Crippen LogP contribution < -0.4 is 22.7 Å². The highest BCUT2D eigenvalue weighted by Gasteiger charge is 2.12. The molecule has 0 saturated carbocycles. The van der Waals surface area contributed by atoms with E-state index in [1.165, 1.54) is 0 Å². The second-order valence-electron chi connectivity index (χ2n) is 4.64. The second kappa shape index (κ2) is 7.98. The van der Waals surface area contributed by atoms with Crippen molar-refractivity contribution in [3.8, 4) is 0 Å². The Bertz CT molecular complexity index is 499. The van der Waals surface area contributed by atoms with E-state index in [-0.39, 0.29) is 25.4 Å². The third-order valence-electron chi connectivity index (χ3n) is 2.71. The molecule has 0 unspecified atom stereocenters. The summed E-state index contributed by atoms with van der Waals surface area (Å²) < 4.78 is 0. The smallest absolute Gasteiger partial charge is 0.238 e. The fourth-order valence-electron chi connectivity index (χ4n) is 1.87. The van der Waals surface area contributed by atoms with E-state index in [0.29, 0.717) is 6.54 Å². The minimum absolute atomic E-state index is 0.0553. The molecule has 0 heterocycles. The molecule has 0 aliphatic rings. The molecule has 8 nitrogen and oxygen atoms in total. The topological polar surface area (TPSA) is 145 Å². The molecule has 0 bridgehead atoms. The number of rotatable bonds is 8. The Hall–Kier alpha value is -2.45. The lowest BCUT2D eigenvalue weighted by Gasteiger charge is -2.19. The van der Waals surface area contributed by atoms with Crippen LogP contribution in [0, 0.1) is 0 Å². The minimum Gasteiger partial charge on any atom is -0.369 e. The minimum atomic E-state index is -0.535. The largest absolute Gasteiger partial charge is 0.369 e. The second-order valence-corrected chi connectivity index (χ2v) is 4.64. The Balaban J connectivity index is 2.68. The SMILES string of the molecule is NNC(=O)Cc1ccc(CN(CC(N)=O)CC(N)=O)cc1. The zero-order valence-electron chi connectivity index (χ0n) is 11.5. The average Bonchev–Trinajstić information content (AvgIpc) is 2.39. The van der Waals surface area contributed by atoms with Gasteiger partial charge in [0.15, 0.2) is 0 Å². The van der Waals surface area contributed by atoms with Gasteiger partial charge < -0.3 is 11.5 Å². The first-order valence-electron chi connectivity index (χ1n) is 6.27. The number of nitrogens with one attached hydrogen (secondary N) is 1. The summed E-state index contributed by atoms with van der Waals surface area (Å²) in [6.07, 6.45) is 0.184. The van der Waals surface area contributed by atoms with Crippen LogP contribution in [0.3, 0.4) is 0 Å². The summed E-state index contributed by atoms with van der Waals surface area (Å²) in [7, 11) is 0. The van der Waals surface area contributed by atoms with E-state index in [2.05, 4.69) is 5.43 Å². The molecule has 0 radical (unpaired) electrons. The number of carbonyl (C=O) groups is 3. The molecule has 0 fully saturated rings. The van der Waals surface area contributed by atoms with Crippen molar-refractivity contribution >= 4 is 17.7 Å². The summed E-state index contributed by atoms with van der Waals surface area (Å²) in [6, 6.07) is 7.15. The summed E-state index contributed by atoms with van der Waals surface area (Å²) in [4.78, 5) is 34.6. The molecule has 114 valence electrons. The Morgan fingerprint density at radius 1 is 0.952 bits per heavy atom. The van der Waals surface area contributed by atoms with Crippen molar-refractivity contribution in [3.05, 3.63) is 35.4 Å². The van der Waals surface area contributed by atoms with Gasteiger partial charge in [0.1, 0.15) is 0 Å². The quantitative estimate of drug-likeness (QED) is 0.249. The number of primary amides is 2. The fourth-order valence-corrected chi connectivity index (χ4v) is 1.87. The van der Waals surface area contributed by atoms with Gasteiger partial charge in [-0.1, -0.05) is 24.3 Å². The number of amides is 3. The normalized spacial score (nSPS) is 10.4. The first kappa shape index (κ1) is 16.6. The monoisotopic (exact) mass is 293 g/mol. The lowest BCUT2D eigenvalue weighted by atomic mass is 10.1. The van der Waals surface area contributed by atoms with Crippen LogP contribution in [0.25, 0.3) is 0 Å². The van der Waals surface area contributed by atoms with Crippen molar-refractivity contribution in [1.29, 1.82) is 0 Å². The highest BCUT2D eigenvalue weighted by molar-refractivity contribution is 5.79. The summed E-state index contributed by atoms with van der Waals surface area (Å²) in [6.45, 7) is 0.246. The maximum absolute atomic E-state index is 11.1. The Labute approximate surface area is 122 Å². The van der Waals surface area contributed by atoms with Crippen molar-refractivity contribution in [2.75, 3.05) is 13.1 Å². The summed E-state index contributed by atoms with van der Waals surface area (Å²) in [5.41, 5.74) is 14.0. The van der Waals surface area contributed by atoms with Crippen molar-refractivity contribution in [1.82, 2.24) is 10.3 Å². The van der Waals surface area contributed by atoms with Crippen molar-refractivity contribution in [3.63, 3.8) is 0 Å². The zero-order valence-corrected chi connectivity index (χ0v) is 11.5. The molecular weight excluding hydrogens is 274 g/mol. The molecule has 0 saturated heterocycles. The maximum Gasteiger partial charge on any atom is 0.238 e.